The summed E-state index contributed by atoms with van der Waals surface area (Å²) in [6.07, 6.45) is -2.01. The Morgan fingerprint density at radius 2 is 1.79 bits per heavy atom. The molecule has 0 radical (unpaired) electrons. The second-order valence-corrected chi connectivity index (χ2v) is 8.09. The first-order valence-electron chi connectivity index (χ1n) is 9.86. The van der Waals surface area contributed by atoms with Crippen molar-refractivity contribution in [1.82, 2.24) is 14.9 Å². The number of nitrogens with one attached hydrogen (secondary N) is 1. The van der Waals surface area contributed by atoms with E-state index in [0.717, 1.165) is 41.0 Å². The molecular formula is C23H21F4N3O3. The molecule has 1 aromatic carbocycles. The van der Waals surface area contributed by atoms with Crippen LogP contribution >= 0.6 is 0 Å². The van der Waals surface area contributed by atoms with Crippen molar-refractivity contribution in [3.05, 3.63) is 99.5 Å². The van der Waals surface area contributed by atoms with Crippen LogP contribution < -0.4 is 10.9 Å². The number of rotatable bonds is 6. The van der Waals surface area contributed by atoms with Gasteiger partial charge in [-0.05, 0) is 49.7 Å². The molecule has 2 heterocycles. The average molecular weight is 463 g/mol. The molecule has 2 N–H and O–H groups in total. The third kappa shape index (κ3) is 6.04. The van der Waals surface area contributed by atoms with Crippen LogP contribution in [0.5, 0.6) is 0 Å². The van der Waals surface area contributed by atoms with E-state index in [1.165, 1.54) is 38.4 Å². The number of hydrogen-bond acceptors (Lipinski definition) is 4. The first kappa shape index (κ1) is 24.1. The SMILES string of the molecule is CC(C)(O)Cn1cc(C(=O)NC(c2ccc(C(F)(F)F)cc2)c2ncccc2F)ccc1=O. The van der Waals surface area contributed by atoms with Crippen LogP contribution in [0.4, 0.5) is 17.6 Å². The maximum Gasteiger partial charge on any atom is 0.416 e. The van der Waals surface area contributed by atoms with E-state index in [1.54, 1.807) is 0 Å². The smallest absolute Gasteiger partial charge is 0.389 e. The molecule has 174 valence electrons. The van der Waals surface area contributed by atoms with E-state index in [1.807, 2.05) is 0 Å². The number of carbonyl (C=O) groups excluding carboxylic acids is 1. The molecule has 0 saturated heterocycles. The monoisotopic (exact) mass is 463 g/mol. The summed E-state index contributed by atoms with van der Waals surface area (Å²) < 4.78 is 54.5. The van der Waals surface area contributed by atoms with Crippen LogP contribution in [0.1, 0.15) is 47.1 Å². The number of benzene rings is 1. The summed E-state index contributed by atoms with van der Waals surface area (Å²) >= 11 is 0. The zero-order chi connectivity index (χ0) is 24.4. The molecule has 1 unspecified atom stereocenters. The van der Waals surface area contributed by atoms with Crippen molar-refractivity contribution in [3.8, 4) is 0 Å². The summed E-state index contributed by atoms with van der Waals surface area (Å²) in [5.74, 6) is -1.47. The van der Waals surface area contributed by atoms with Crippen LogP contribution in [-0.2, 0) is 12.7 Å². The van der Waals surface area contributed by atoms with Crippen molar-refractivity contribution < 1.29 is 27.5 Å². The number of aromatic nitrogens is 2. The predicted molar refractivity (Wildman–Crippen MR) is 112 cm³/mol. The fourth-order valence-electron chi connectivity index (χ4n) is 3.20. The molecule has 0 fully saturated rings. The van der Waals surface area contributed by atoms with Crippen molar-refractivity contribution in [2.24, 2.45) is 0 Å². The normalized spacial score (nSPS) is 12.9. The molecular weight excluding hydrogens is 442 g/mol. The van der Waals surface area contributed by atoms with Gasteiger partial charge in [0.15, 0.2) is 0 Å². The minimum Gasteiger partial charge on any atom is -0.389 e. The van der Waals surface area contributed by atoms with Crippen LogP contribution in [-0.4, -0.2) is 26.2 Å². The first-order chi connectivity index (χ1) is 15.3. The molecule has 33 heavy (non-hydrogen) atoms. The number of nitrogens with zero attached hydrogens (tertiary/aromatic N) is 2. The zero-order valence-corrected chi connectivity index (χ0v) is 17.7. The Labute approximate surface area is 186 Å². The van der Waals surface area contributed by atoms with Gasteiger partial charge in [0, 0.05) is 18.5 Å². The number of carbonyl (C=O) groups is 1. The molecule has 0 aliphatic carbocycles. The number of amides is 1. The lowest BCUT2D eigenvalue weighted by Gasteiger charge is -2.21. The van der Waals surface area contributed by atoms with E-state index in [4.69, 9.17) is 0 Å². The van der Waals surface area contributed by atoms with Gasteiger partial charge in [0.05, 0.1) is 29.3 Å². The second kappa shape index (κ2) is 9.14. The van der Waals surface area contributed by atoms with Crippen LogP contribution in [0.15, 0.2) is 65.7 Å². The average Bonchev–Trinajstić information content (AvgIpc) is 2.72. The standard InChI is InChI=1S/C23H21F4N3O3/c1-22(2,33)13-30-12-15(7-10-18(30)31)21(32)29-19(20-17(24)4-3-11-28-20)14-5-8-16(9-6-14)23(25,26)27/h3-12,19,33H,13H2,1-2H3,(H,29,32). The highest BCUT2D eigenvalue weighted by Crippen LogP contribution is 2.31. The van der Waals surface area contributed by atoms with Crippen molar-refractivity contribution in [2.45, 2.75) is 38.2 Å². The summed E-state index contributed by atoms with van der Waals surface area (Å²) in [6, 6.07) is 7.61. The third-order valence-electron chi connectivity index (χ3n) is 4.71. The van der Waals surface area contributed by atoms with Gasteiger partial charge < -0.3 is 15.0 Å². The van der Waals surface area contributed by atoms with Gasteiger partial charge in [0.25, 0.3) is 11.5 Å². The van der Waals surface area contributed by atoms with Crippen LogP contribution in [0.3, 0.4) is 0 Å². The Kier molecular flexibility index (Phi) is 6.68. The summed E-state index contributed by atoms with van der Waals surface area (Å²) in [6.45, 7) is 2.91. The Bertz CT molecular complexity index is 1200. The largest absolute Gasteiger partial charge is 0.416 e. The second-order valence-electron chi connectivity index (χ2n) is 8.09. The Morgan fingerprint density at radius 3 is 2.36 bits per heavy atom. The molecule has 3 aromatic rings. The van der Waals surface area contributed by atoms with Crippen LogP contribution in [0, 0.1) is 5.82 Å². The van der Waals surface area contributed by atoms with Gasteiger partial charge in [-0.15, -0.1) is 0 Å². The van der Waals surface area contributed by atoms with Crippen molar-refractivity contribution in [1.29, 1.82) is 0 Å². The number of hydrogen-bond donors (Lipinski definition) is 2. The van der Waals surface area contributed by atoms with E-state index < -0.39 is 40.7 Å². The molecule has 1 amide bonds. The van der Waals surface area contributed by atoms with Gasteiger partial charge in [-0.3, -0.25) is 14.6 Å². The van der Waals surface area contributed by atoms with Crippen LogP contribution in [0.25, 0.3) is 0 Å². The van der Waals surface area contributed by atoms with Gasteiger partial charge in [-0.25, -0.2) is 4.39 Å². The number of aliphatic hydroxyl groups is 1. The quantitative estimate of drug-likeness (QED) is 0.547. The fraction of sp³-hybridized carbons (Fsp3) is 0.261. The zero-order valence-electron chi connectivity index (χ0n) is 17.7. The molecule has 0 saturated carbocycles. The van der Waals surface area contributed by atoms with Gasteiger partial charge >= 0.3 is 6.18 Å². The maximum atomic E-state index is 14.5. The van der Waals surface area contributed by atoms with E-state index >= 15 is 0 Å². The summed E-state index contributed by atoms with van der Waals surface area (Å²) in [4.78, 5) is 29.0. The summed E-state index contributed by atoms with van der Waals surface area (Å²) in [7, 11) is 0. The Balaban J connectivity index is 1.98. The third-order valence-corrected chi connectivity index (χ3v) is 4.71. The molecule has 10 heteroatoms. The lowest BCUT2D eigenvalue weighted by atomic mass is 10.0. The molecule has 0 spiro atoms. The number of pyridine rings is 2. The topological polar surface area (TPSA) is 84.2 Å². The minimum absolute atomic E-state index is 0.0344. The Morgan fingerprint density at radius 1 is 1.12 bits per heavy atom. The van der Waals surface area contributed by atoms with Gasteiger partial charge in [0.2, 0.25) is 0 Å². The predicted octanol–water partition coefficient (Wildman–Crippen LogP) is 3.69. The van der Waals surface area contributed by atoms with Gasteiger partial charge in [-0.1, -0.05) is 12.1 Å². The van der Waals surface area contributed by atoms with Gasteiger partial charge in [-0.2, -0.15) is 13.2 Å². The Hall–Kier alpha value is -3.53. The first-order valence-corrected chi connectivity index (χ1v) is 9.86. The summed E-state index contributed by atoms with van der Waals surface area (Å²) in [5.41, 5.74) is -2.53. The highest BCUT2D eigenvalue weighted by atomic mass is 19.4. The molecule has 0 aliphatic rings. The van der Waals surface area contributed by atoms with Crippen molar-refractivity contribution in [2.75, 3.05) is 0 Å². The summed E-state index contributed by atoms with van der Waals surface area (Å²) in [5, 5.41) is 12.6. The highest BCUT2D eigenvalue weighted by molar-refractivity contribution is 5.94. The number of alkyl halides is 3. The molecule has 2 aromatic heterocycles. The molecule has 6 nitrogen and oxygen atoms in total. The van der Waals surface area contributed by atoms with E-state index in [-0.39, 0.29) is 23.4 Å². The minimum atomic E-state index is -4.55. The fourth-order valence-corrected chi connectivity index (χ4v) is 3.20. The maximum absolute atomic E-state index is 14.5. The van der Waals surface area contributed by atoms with Crippen molar-refractivity contribution >= 4 is 5.91 Å². The lowest BCUT2D eigenvalue weighted by molar-refractivity contribution is -0.137. The van der Waals surface area contributed by atoms with E-state index in [0.29, 0.717) is 0 Å². The number of halogens is 4. The van der Waals surface area contributed by atoms with E-state index in [9.17, 15) is 32.3 Å². The molecule has 3 rings (SSSR count). The molecule has 0 bridgehead atoms. The molecule has 0 aliphatic heterocycles. The lowest BCUT2D eigenvalue weighted by Crippen LogP contribution is -2.34. The highest BCUT2D eigenvalue weighted by Gasteiger charge is 2.31. The van der Waals surface area contributed by atoms with E-state index in [2.05, 4.69) is 10.3 Å². The molecule has 1 atom stereocenters. The van der Waals surface area contributed by atoms with Crippen molar-refractivity contribution in [3.63, 3.8) is 0 Å². The van der Waals surface area contributed by atoms with Gasteiger partial charge in [0.1, 0.15) is 11.5 Å². The van der Waals surface area contributed by atoms with Crippen LogP contribution in [0.2, 0.25) is 0 Å².